The van der Waals surface area contributed by atoms with E-state index >= 15 is 0 Å². The predicted molar refractivity (Wildman–Crippen MR) is 154 cm³/mol. The molecule has 2 atom stereocenters. The number of hydrazone groups is 1. The van der Waals surface area contributed by atoms with E-state index in [1.807, 2.05) is 40.3 Å². The molecule has 5 aliphatic rings. The molecule has 1 aromatic rings. The van der Waals surface area contributed by atoms with Crippen LogP contribution in [0.5, 0.6) is 0 Å². The number of hydrogen-bond donors (Lipinski definition) is 1. The second-order valence-electron chi connectivity index (χ2n) is 12.0. The molecular formula is C31H42N6O2. The van der Waals surface area contributed by atoms with Gasteiger partial charge in [-0.15, -0.1) is 0 Å². The van der Waals surface area contributed by atoms with Gasteiger partial charge >= 0.3 is 0 Å². The van der Waals surface area contributed by atoms with Crippen molar-refractivity contribution >= 4 is 28.9 Å². The first kappa shape index (κ1) is 26.1. The first-order valence-corrected chi connectivity index (χ1v) is 15.1. The summed E-state index contributed by atoms with van der Waals surface area (Å²) in [5.74, 6) is 1.33. The Kier molecular flexibility index (Phi) is 7.45. The van der Waals surface area contributed by atoms with Crippen molar-refractivity contribution in [1.29, 1.82) is 0 Å². The van der Waals surface area contributed by atoms with E-state index in [-0.39, 0.29) is 29.9 Å². The molecule has 1 N–H and O–H groups in total. The number of hydrogen-bond acceptors (Lipinski definition) is 6. The van der Waals surface area contributed by atoms with Crippen LogP contribution in [-0.2, 0) is 9.59 Å². The summed E-state index contributed by atoms with van der Waals surface area (Å²) < 4.78 is 0. The van der Waals surface area contributed by atoms with Crippen LogP contribution in [0, 0.1) is 5.92 Å². The molecule has 2 amide bonds. The van der Waals surface area contributed by atoms with Gasteiger partial charge in [0.25, 0.3) is 5.91 Å². The Morgan fingerprint density at radius 3 is 2.41 bits per heavy atom. The highest BCUT2D eigenvalue weighted by molar-refractivity contribution is 6.43. The lowest BCUT2D eigenvalue weighted by Crippen LogP contribution is -2.47. The summed E-state index contributed by atoms with van der Waals surface area (Å²) in [6.07, 6.45) is 15.0. The van der Waals surface area contributed by atoms with Crippen LogP contribution in [0.15, 0.2) is 46.3 Å². The number of nitrogens with zero attached hydrogens (tertiary/aromatic N) is 5. The monoisotopic (exact) mass is 530 g/mol. The third-order valence-electron chi connectivity index (χ3n) is 9.13. The molecule has 2 unspecified atom stereocenters. The van der Waals surface area contributed by atoms with Crippen LogP contribution in [-0.4, -0.2) is 69.9 Å². The van der Waals surface area contributed by atoms with Crippen LogP contribution in [0.25, 0.3) is 0 Å². The normalized spacial score (nSPS) is 25.7. The third kappa shape index (κ3) is 5.61. The number of aliphatic imine (C=N–C) groups is 1. The van der Waals surface area contributed by atoms with Gasteiger partial charge in [-0.25, -0.2) is 5.01 Å². The Bertz CT molecular complexity index is 1180. The summed E-state index contributed by atoms with van der Waals surface area (Å²) >= 11 is 0. The van der Waals surface area contributed by atoms with Gasteiger partial charge in [-0.2, -0.15) is 5.10 Å². The fraction of sp³-hybridized carbons (Fsp3) is 0.613. The van der Waals surface area contributed by atoms with E-state index in [0.29, 0.717) is 18.2 Å². The maximum absolute atomic E-state index is 13.8. The molecule has 0 bridgehead atoms. The van der Waals surface area contributed by atoms with Gasteiger partial charge in [0.05, 0.1) is 5.71 Å². The van der Waals surface area contributed by atoms with E-state index in [9.17, 15) is 9.59 Å². The summed E-state index contributed by atoms with van der Waals surface area (Å²) in [4.78, 5) is 35.4. The summed E-state index contributed by atoms with van der Waals surface area (Å²) in [5.41, 5.74) is 3.38. The smallest absolute Gasteiger partial charge is 0.272 e. The predicted octanol–water partition coefficient (Wildman–Crippen LogP) is 5.12. The van der Waals surface area contributed by atoms with Crippen molar-refractivity contribution in [2.75, 3.05) is 18.9 Å². The number of carbonyl (C=O) groups is 2. The van der Waals surface area contributed by atoms with E-state index in [1.54, 1.807) is 0 Å². The molecule has 8 nitrogen and oxygen atoms in total. The SMILES string of the molecule is CC1CCCCCN1C(=O)C1=NC2CC(c3ccc(NC(=O)C4CC4)cc3)=NN2C(N(C)C2CCCCC2)=C1. The average molecular weight is 531 g/mol. The first-order valence-electron chi connectivity index (χ1n) is 15.1. The zero-order valence-corrected chi connectivity index (χ0v) is 23.4. The molecule has 2 aliphatic carbocycles. The highest BCUT2D eigenvalue weighted by Gasteiger charge is 2.38. The van der Waals surface area contributed by atoms with Gasteiger partial charge in [0.1, 0.15) is 17.7 Å². The van der Waals surface area contributed by atoms with Gasteiger partial charge < -0.3 is 15.1 Å². The van der Waals surface area contributed by atoms with Gasteiger partial charge in [-0.1, -0.05) is 44.2 Å². The zero-order chi connectivity index (χ0) is 26.9. The highest BCUT2D eigenvalue weighted by atomic mass is 16.2. The fourth-order valence-corrected chi connectivity index (χ4v) is 6.46. The second kappa shape index (κ2) is 11.1. The molecule has 3 heterocycles. The van der Waals surface area contributed by atoms with Gasteiger partial charge in [0, 0.05) is 49.8 Å². The minimum atomic E-state index is -0.221. The topological polar surface area (TPSA) is 80.6 Å². The van der Waals surface area contributed by atoms with E-state index in [2.05, 4.69) is 24.2 Å². The summed E-state index contributed by atoms with van der Waals surface area (Å²) in [7, 11) is 2.16. The number of carbonyl (C=O) groups excluding carboxylic acids is 2. The Balaban J connectivity index is 1.26. The molecule has 8 heteroatoms. The number of likely N-dealkylation sites (tertiary alicyclic amines) is 1. The Hall–Kier alpha value is -3.16. The Morgan fingerprint density at radius 1 is 0.949 bits per heavy atom. The molecular weight excluding hydrogens is 488 g/mol. The maximum Gasteiger partial charge on any atom is 0.272 e. The fourth-order valence-electron chi connectivity index (χ4n) is 6.46. The quantitative estimate of drug-likeness (QED) is 0.553. The van der Waals surface area contributed by atoms with Crippen LogP contribution in [0.1, 0.15) is 89.5 Å². The molecule has 0 spiro atoms. The van der Waals surface area contributed by atoms with E-state index in [1.165, 1.54) is 44.9 Å². The molecule has 0 radical (unpaired) electrons. The number of amides is 2. The van der Waals surface area contributed by atoms with Crippen molar-refractivity contribution < 1.29 is 9.59 Å². The van der Waals surface area contributed by atoms with Gasteiger partial charge in [-0.05, 0) is 63.1 Å². The van der Waals surface area contributed by atoms with Crippen molar-refractivity contribution in [2.24, 2.45) is 16.0 Å². The summed E-state index contributed by atoms with van der Waals surface area (Å²) in [6.45, 7) is 2.98. The van der Waals surface area contributed by atoms with Crippen LogP contribution in [0.3, 0.4) is 0 Å². The van der Waals surface area contributed by atoms with Crippen LogP contribution < -0.4 is 5.32 Å². The number of rotatable bonds is 6. The van der Waals surface area contributed by atoms with Crippen molar-refractivity contribution in [3.05, 3.63) is 41.7 Å². The molecule has 6 rings (SSSR count). The van der Waals surface area contributed by atoms with Crippen molar-refractivity contribution in [3.63, 3.8) is 0 Å². The maximum atomic E-state index is 13.8. The minimum absolute atomic E-state index is 0.0581. The largest absolute Gasteiger partial charge is 0.357 e. The lowest BCUT2D eigenvalue weighted by Gasteiger charge is -2.40. The Morgan fingerprint density at radius 2 is 1.67 bits per heavy atom. The molecule has 3 aliphatic heterocycles. The number of benzene rings is 1. The average Bonchev–Trinajstić information content (AvgIpc) is 3.76. The van der Waals surface area contributed by atoms with Crippen molar-refractivity contribution in [1.82, 2.24) is 14.8 Å². The van der Waals surface area contributed by atoms with E-state index in [4.69, 9.17) is 10.1 Å². The van der Waals surface area contributed by atoms with Crippen LogP contribution in [0.4, 0.5) is 5.69 Å². The first-order chi connectivity index (χ1) is 19.0. The van der Waals surface area contributed by atoms with Gasteiger partial charge in [0.2, 0.25) is 5.91 Å². The molecule has 1 aromatic carbocycles. The minimum Gasteiger partial charge on any atom is -0.357 e. The molecule has 0 aromatic heterocycles. The number of anilines is 1. The molecule has 2 saturated carbocycles. The van der Waals surface area contributed by atoms with Gasteiger partial charge in [0.15, 0.2) is 0 Å². The lowest BCUT2D eigenvalue weighted by molar-refractivity contribution is -0.126. The summed E-state index contributed by atoms with van der Waals surface area (Å²) in [5, 5.41) is 10.1. The van der Waals surface area contributed by atoms with Crippen molar-refractivity contribution in [2.45, 2.75) is 102 Å². The van der Waals surface area contributed by atoms with Crippen LogP contribution >= 0.6 is 0 Å². The highest BCUT2D eigenvalue weighted by Crippen LogP contribution is 2.34. The zero-order valence-electron chi connectivity index (χ0n) is 23.4. The number of fused-ring (bicyclic) bond motifs is 1. The standard InChI is InChI=1S/C31H42N6O2/c1-21-9-5-4-8-18-36(21)31(39)27-20-29(35(2)25-10-6-3-7-11-25)37-28(33-27)19-26(34-37)22-14-16-24(17-15-22)32-30(38)23-12-13-23/h14-17,20-21,23,25,28H,3-13,18-19H2,1-2H3,(H,32,38). The van der Waals surface area contributed by atoms with Crippen molar-refractivity contribution in [3.8, 4) is 0 Å². The number of nitrogens with one attached hydrogen (secondary N) is 1. The summed E-state index contributed by atoms with van der Waals surface area (Å²) in [6, 6.07) is 8.66. The third-order valence-corrected chi connectivity index (χ3v) is 9.13. The lowest BCUT2D eigenvalue weighted by atomic mass is 9.94. The molecule has 3 fully saturated rings. The van der Waals surface area contributed by atoms with Crippen LogP contribution in [0.2, 0.25) is 0 Å². The van der Waals surface area contributed by atoms with E-state index < -0.39 is 0 Å². The van der Waals surface area contributed by atoms with Gasteiger partial charge in [-0.3, -0.25) is 14.6 Å². The Labute approximate surface area is 232 Å². The molecule has 208 valence electrons. The van der Waals surface area contributed by atoms with E-state index in [0.717, 1.165) is 55.0 Å². The second-order valence-corrected chi connectivity index (χ2v) is 12.0. The molecule has 1 saturated heterocycles. The molecule has 39 heavy (non-hydrogen) atoms.